The Morgan fingerprint density at radius 1 is 1.53 bits per heavy atom. The topological polar surface area (TPSA) is 103 Å². The van der Waals surface area contributed by atoms with Gasteiger partial charge in [-0.1, -0.05) is 0 Å². The van der Waals surface area contributed by atoms with E-state index < -0.39 is 5.91 Å². The number of hydrazine groups is 1. The summed E-state index contributed by atoms with van der Waals surface area (Å²) in [5.41, 5.74) is 3.62. The van der Waals surface area contributed by atoms with Gasteiger partial charge in [0.25, 0.3) is 0 Å². The van der Waals surface area contributed by atoms with E-state index >= 15 is 0 Å². The molecule has 3 N–H and O–H groups in total. The van der Waals surface area contributed by atoms with E-state index in [0.717, 1.165) is 5.69 Å². The molecule has 0 fully saturated rings. The summed E-state index contributed by atoms with van der Waals surface area (Å²) in [6, 6.07) is 3.42. The standard InChI is InChI=1S/C12H14N4O3/c1-7-5-8(2)16(12(18)14-7)6-9-3-4-19-10(9)11(17)15-13/h3-5H,6,13H2,1-2H3,(H,15,17). The normalized spacial score (nSPS) is 10.5. The van der Waals surface area contributed by atoms with Crippen LogP contribution in [0, 0.1) is 13.8 Å². The molecule has 2 heterocycles. The maximum absolute atomic E-state index is 11.8. The Labute approximate surface area is 109 Å². The molecule has 0 aliphatic rings. The largest absolute Gasteiger partial charge is 0.459 e. The van der Waals surface area contributed by atoms with Gasteiger partial charge in [0.15, 0.2) is 5.76 Å². The molecular weight excluding hydrogens is 248 g/mol. The Balaban J connectivity index is 2.40. The van der Waals surface area contributed by atoms with E-state index in [-0.39, 0.29) is 18.0 Å². The molecule has 0 atom stereocenters. The monoisotopic (exact) mass is 262 g/mol. The summed E-state index contributed by atoms with van der Waals surface area (Å²) in [6.45, 7) is 3.76. The molecule has 2 aromatic rings. The fourth-order valence-electron chi connectivity index (χ4n) is 1.86. The number of hydrogen-bond donors (Lipinski definition) is 2. The molecule has 0 unspecified atom stereocenters. The number of hydrogen-bond acceptors (Lipinski definition) is 5. The van der Waals surface area contributed by atoms with Crippen molar-refractivity contribution in [2.45, 2.75) is 20.4 Å². The van der Waals surface area contributed by atoms with Crippen molar-refractivity contribution in [3.8, 4) is 0 Å². The zero-order valence-corrected chi connectivity index (χ0v) is 10.6. The number of carbonyl (C=O) groups is 1. The number of nitrogens with zero attached hydrogens (tertiary/aromatic N) is 2. The lowest BCUT2D eigenvalue weighted by molar-refractivity contribution is 0.0924. The van der Waals surface area contributed by atoms with Crippen molar-refractivity contribution in [3.05, 3.63) is 51.6 Å². The van der Waals surface area contributed by atoms with Gasteiger partial charge in [0, 0.05) is 17.0 Å². The van der Waals surface area contributed by atoms with Crippen LogP contribution in [0.25, 0.3) is 0 Å². The van der Waals surface area contributed by atoms with Gasteiger partial charge in [0.05, 0.1) is 12.8 Å². The van der Waals surface area contributed by atoms with Crippen LogP contribution < -0.4 is 17.0 Å². The second-order valence-corrected chi connectivity index (χ2v) is 4.16. The summed E-state index contributed by atoms with van der Waals surface area (Å²) in [5.74, 6) is 4.62. The van der Waals surface area contributed by atoms with Gasteiger partial charge in [-0.25, -0.2) is 10.6 Å². The average molecular weight is 262 g/mol. The van der Waals surface area contributed by atoms with E-state index in [1.165, 1.54) is 10.8 Å². The third-order valence-electron chi connectivity index (χ3n) is 2.76. The molecule has 0 spiro atoms. The third-order valence-corrected chi connectivity index (χ3v) is 2.76. The summed E-state index contributed by atoms with van der Waals surface area (Å²) < 4.78 is 6.53. The van der Waals surface area contributed by atoms with Gasteiger partial charge >= 0.3 is 11.6 Å². The molecule has 0 bridgehead atoms. The third kappa shape index (κ3) is 2.55. The number of carbonyl (C=O) groups excluding carboxylic acids is 1. The highest BCUT2D eigenvalue weighted by Gasteiger charge is 2.15. The summed E-state index contributed by atoms with van der Waals surface area (Å²) >= 11 is 0. The van der Waals surface area contributed by atoms with Crippen LogP contribution in [-0.4, -0.2) is 15.5 Å². The lowest BCUT2D eigenvalue weighted by Crippen LogP contribution is -2.31. The van der Waals surface area contributed by atoms with Crippen molar-refractivity contribution >= 4 is 5.91 Å². The predicted molar refractivity (Wildman–Crippen MR) is 67.4 cm³/mol. The lowest BCUT2D eigenvalue weighted by Gasteiger charge is -2.09. The van der Waals surface area contributed by atoms with Crippen LogP contribution in [0.15, 0.2) is 27.6 Å². The van der Waals surface area contributed by atoms with Gasteiger partial charge in [-0.2, -0.15) is 4.98 Å². The molecule has 2 rings (SSSR count). The molecule has 1 amide bonds. The van der Waals surface area contributed by atoms with E-state index in [0.29, 0.717) is 11.3 Å². The molecule has 7 nitrogen and oxygen atoms in total. The SMILES string of the molecule is Cc1cc(C)n(Cc2ccoc2C(=O)NN)c(=O)n1. The van der Waals surface area contributed by atoms with Crippen LogP contribution in [0.5, 0.6) is 0 Å². The van der Waals surface area contributed by atoms with Gasteiger partial charge < -0.3 is 4.42 Å². The summed E-state index contributed by atoms with van der Waals surface area (Å²) in [7, 11) is 0. The van der Waals surface area contributed by atoms with Crippen LogP contribution >= 0.6 is 0 Å². The minimum absolute atomic E-state index is 0.0920. The number of nitrogens with one attached hydrogen (secondary N) is 1. The number of aryl methyl sites for hydroxylation is 2. The Hall–Kier alpha value is -2.41. The quantitative estimate of drug-likeness (QED) is 0.464. The first-order chi connectivity index (χ1) is 9.02. The zero-order chi connectivity index (χ0) is 14.0. The van der Waals surface area contributed by atoms with Crippen molar-refractivity contribution in [1.82, 2.24) is 15.0 Å². The fraction of sp³-hybridized carbons (Fsp3) is 0.250. The van der Waals surface area contributed by atoms with Gasteiger partial charge in [-0.05, 0) is 26.0 Å². The van der Waals surface area contributed by atoms with E-state index in [9.17, 15) is 9.59 Å². The number of nitrogens with two attached hydrogens (primary N) is 1. The van der Waals surface area contributed by atoms with Gasteiger partial charge in [-0.15, -0.1) is 0 Å². The van der Waals surface area contributed by atoms with E-state index in [1.54, 1.807) is 26.0 Å². The second kappa shape index (κ2) is 5.07. The van der Waals surface area contributed by atoms with Gasteiger partial charge in [0.1, 0.15) is 0 Å². The molecule has 0 saturated heterocycles. The number of amides is 1. The summed E-state index contributed by atoms with van der Waals surface area (Å²) in [5, 5.41) is 0. The maximum atomic E-state index is 11.8. The molecule has 0 radical (unpaired) electrons. The van der Waals surface area contributed by atoms with Crippen molar-refractivity contribution < 1.29 is 9.21 Å². The first kappa shape index (κ1) is 13.0. The first-order valence-electron chi connectivity index (χ1n) is 5.65. The molecule has 0 saturated carbocycles. The minimum Gasteiger partial charge on any atom is -0.459 e. The number of aromatic nitrogens is 2. The Morgan fingerprint density at radius 2 is 2.26 bits per heavy atom. The Bertz CT molecular complexity index is 672. The molecule has 19 heavy (non-hydrogen) atoms. The molecule has 0 aromatic carbocycles. The van der Waals surface area contributed by atoms with E-state index in [1.807, 2.05) is 5.43 Å². The van der Waals surface area contributed by atoms with Crippen LogP contribution in [0.2, 0.25) is 0 Å². The molecule has 2 aromatic heterocycles. The van der Waals surface area contributed by atoms with Crippen molar-refractivity contribution in [1.29, 1.82) is 0 Å². The first-order valence-corrected chi connectivity index (χ1v) is 5.65. The van der Waals surface area contributed by atoms with Crippen molar-refractivity contribution in [2.75, 3.05) is 0 Å². The van der Waals surface area contributed by atoms with Crippen molar-refractivity contribution in [3.63, 3.8) is 0 Å². The van der Waals surface area contributed by atoms with Gasteiger partial charge in [0.2, 0.25) is 0 Å². The highest BCUT2D eigenvalue weighted by Crippen LogP contribution is 2.12. The van der Waals surface area contributed by atoms with E-state index in [2.05, 4.69) is 4.98 Å². The second-order valence-electron chi connectivity index (χ2n) is 4.16. The Morgan fingerprint density at radius 3 is 2.89 bits per heavy atom. The number of rotatable bonds is 3. The maximum Gasteiger partial charge on any atom is 0.348 e. The van der Waals surface area contributed by atoms with Crippen LogP contribution in [0.1, 0.15) is 27.5 Å². The number of furan rings is 1. The molecule has 0 aliphatic carbocycles. The van der Waals surface area contributed by atoms with Crippen LogP contribution in [-0.2, 0) is 6.54 Å². The summed E-state index contributed by atoms with van der Waals surface area (Å²) in [4.78, 5) is 27.2. The zero-order valence-electron chi connectivity index (χ0n) is 10.6. The molecular formula is C12H14N4O3. The van der Waals surface area contributed by atoms with Crippen LogP contribution in [0.4, 0.5) is 0 Å². The number of nitrogen functional groups attached to an aromatic ring is 1. The minimum atomic E-state index is -0.536. The highest BCUT2D eigenvalue weighted by atomic mass is 16.3. The van der Waals surface area contributed by atoms with Gasteiger partial charge in [-0.3, -0.25) is 14.8 Å². The predicted octanol–water partition coefficient (Wildman–Crippen LogP) is 0.105. The molecule has 7 heteroatoms. The summed E-state index contributed by atoms with van der Waals surface area (Å²) in [6.07, 6.45) is 1.38. The molecule has 100 valence electrons. The van der Waals surface area contributed by atoms with Crippen LogP contribution in [0.3, 0.4) is 0 Å². The van der Waals surface area contributed by atoms with E-state index in [4.69, 9.17) is 10.3 Å². The smallest absolute Gasteiger partial charge is 0.348 e. The molecule has 0 aliphatic heterocycles. The average Bonchev–Trinajstić information content (AvgIpc) is 2.80. The Kier molecular flexibility index (Phi) is 3.48. The lowest BCUT2D eigenvalue weighted by atomic mass is 10.2. The highest BCUT2D eigenvalue weighted by molar-refractivity contribution is 5.92. The van der Waals surface area contributed by atoms with Crippen molar-refractivity contribution in [2.24, 2.45) is 5.84 Å². The fourth-order valence-corrected chi connectivity index (χ4v) is 1.86.